The van der Waals surface area contributed by atoms with Crippen LogP contribution in [0.4, 0.5) is 0 Å². The summed E-state index contributed by atoms with van der Waals surface area (Å²) in [6.07, 6.45) is 74.2. The summed E-state index contributed by atoms with van der Waals surface area (Å²) < 4.78 is 33.7. The van der Waals surface area contributed by atoms with Gasteiger partial charge in [0.25, 0.3) is 0 Å². The fraction of sp³-hybridized carbons (Fsp3) is 0.820. The molecule has 0 aromatic rings. The Bertz CT molecular complexity index is 1270. The molecule has 0 aromatic carbocycles. The molecule has 0 saturated heterocycles. The van der Waals surface area contributed by atoms with Crippen molar-refractivity contribution in [3.05, 3.63) is 60.8 Å². The number of nitrogens with two attached hydrogens (primary N) is 1. The van der Waals surface area contributed by atoms with Crippen molar-refractivity contribution >= 4 is 13.8 Å². The van der Waals surface area contributed by atoms with Crippen molar-refractivity contribution < 1.29 is 32.8 Å². The number of carbonyl (C=O) groups excluding carboxylic acids is 1. The second-order valence-electron chi connectivity index (χ2n) is 19.9. The highest BCUT2D eigenvalue weighted by atomic mass is 31.2. The van der Waals surface area contributed by atoms with Gasteiger partial charge in [-0.1, -0.05) is 254 Å². The molecule has 410 valence electrons. The summed E-state index contributed by atoms with van der Waals surface area (Å²) in [4.78, 5) is 22.7. The summed E-state index contributed by atoms with van der Waals surface area (Å²) in [6, 6.07) is 0. The summed E-state index contributed by atoms with van der Waals surface area (Å²) in [5, 5.41) is 0. The van der Waals surface area contributed by atoms with E-state index < -0.39 is 13.9 Å². The fourth-order valence-electron chi connectivity index (χ4n) is 8.51. The monoisotopic (exact) mass is 1000 g/mol. The number of unbranched alkanes of at least 4 members (excludes halogenated alkanes) is 34. The molecule has 0 bridgehead atoms. The first kappa shape index (κ1) is 68.2. The van der Waals surface area contributed by atoms with Gasteiger partial charge in [-0.2, -0.15) is 0 Å². The number of ether oxygens (including phenoxy) is 2. The molecule has 0 aliphatic carbocycles. The molecule has 2 atom stereocenters. The Morgan fingerprint density at radius 3 is 1.13 bits per heavy atom. The van der Waals surface area contributed by atoms with Gasteiger partial charge < -0.3 is 20.1 Å². The minimum atomic E-state index is -4.29. The zero-order valence-corrected chi connectivity index (χ0v) is 46.9. The maximum Gasteiger partial charge on any atom is 0.472 e. The van der Waals surface area contributed by atoms with E-state index in [9.17, 15) is 14.3 Å². The zero-order valence-electron chi connectivity index (χ0n) is 46.0. The van der Waals surface area contributed by atoms with Crippen LogP contribution in [0, 0.1) is 0 Å². The fourth-order valence-corrected chi connectivity index (χ4v) is 9.27. The Labute approximate surface area is 433 Å². The Morgan fingerprint density at radius 1 is 0.429 bits per heavy atom. The predicted molar refractivity (Wildman–Crippen MR) is 302 cm³/mol. The highest BCUT2D eigenvalue weighted by Gasteiger charge is 2.25. The standard InChI is InChI=1S/C61H114NO7P/c1-3-5-7-9-11-13-15-17-19-21-23-25-27-29-31-33-35-37-39-41-43-45-47-49-51-53-56-66-58-60(59-68-70(64,65)67-57-55-62)69-61(63)54-52-50-48-46-44-42-40-38-36-34-32-30-28-26-24-22-20-18-16-14-12-10-8-6-4-2/h15-18,21-24,28,30,60H,3-14,19-20,25-27,29,31-59,62H2,1-2H3,(H,64,65)/b17-15-,18-16-,23-21-,24-22-,30-28-. The third-order valence-corrected chi connectivity index (χ3v) is 13.9. The third kappa shape index (κ3) is 57.1. The minimum absolute atomic E-state index is 0.0973. The van der Waals surface area contributed by atoms with Gasteiger partial charge in [-0.25, -0.2) is 4.57 Å². The lowest BCUT2D eigenvalue weighted by atomic mass is 10.0. The van der Waals surface area contributed by atoms with E-state index in [0.29, 0.717) is 13.0 Å². The maximum atomic E-state index is 12.7. The van der Waals surface area contributed by atoms with Gasteiger partial charge >= 0.3 is 13.8 Å². The number of phosphoric ester groups is 1. The van der Waals surface area contributed by atoms with Gasteiger partial charge in [0.2, 0.25) is 0 Å². The minimum Gasteiger partial charge on any atom is -0.457 e. The van der Waals surface area contributed by atoms with Gasteiger partial charge in [-0.05, 0) is 83.5 Å². The summed E-state index contributed by atoms with van der Waals surface area (Å²) in [5.41, 5.74) is 5.41. The highest BCUT2D eigenvalue weighted by Crippen LogP contribution is 2.43. The average Bonchev–Trinajstić information content (AvgIpc) is 3.35. The molecular formula is C61H114NO7P. The number of phosphoric acid groups is 1. The first-order valence-electron chi connectivity index (χ1n) is 29.8. The molecule has 0 fully saturated rings. The lowest BCUT2D eigenvalue weighted by molar-refractivity contribution is -0.154. The Kier molecular flexibility index (Phi) is 56.6. The Balaban J connectivity index is 3.88. The van der Waals surface area contributed by atoms with E-state index in [1.165, 1.54) is 212 Å². The molecule has 9 heteroatoms. The Morgan fingerprint density at radius 2 is 0.757 bits per heavy atom. The molecule has 2 unspecified atom stereocenters. The molecular weight excluding hydrogens is 890 g/mol. The van der Waals surface area contributed by atoms with Crippen LogP contribution >= 0.6 is 7.82 Å². The molecule has 0 saturated carbocycles. The van der Waals surface area contributed by atoms with E-state index in [1.54, 1.807) is 0 Å². The van der Waals surface area contributed by atoms with Gasteiger partial charge in [0.15, 0.2) is 0 Å². The second kappa shape index (κ2) is 58.1. The summed E-state index contributed by atoms with van der Waals surface area (Å²) in [5.74, 6) is -0.331. The molecule has 3 N–H and O–H groups in total. The molecule has 0 rings (SSSR count). The maximum absolute atomic E-state index is 12.7. The van der Waals surface area contributed by atoms with E-state index in [2.05, 4.69) is 74.6 Å². The van der Waals surface area contributed by atoms with Gasteiger partial charge in [-0.15, -0.1) is 0 Å². The van der Waals surface area contributed by atoms with Crippen LogP contribution in [-0.2, 0) is 27.9 Å². The van der Waals surface area contributed by atoms with Crippen molar-refractivity contribution in [2.75, 3.05) is 33.0 Å². The lowest BCUT2D eigenvalue weighted by Crippen LogP contribution is -2.28. The largest absolute Gasteiger partial charge is 0.472 e. The van der Waals surface area contributed by atoms with Crippen LogP contribution in [-0.4, -0.2) is 49.9 Å². The van der Waals surface area contributed by atoms with Gasteiger partial charge in [0, 0.05) is 19.6 Å². The van der Waals surface area contributed by atoms with E-state index in [0.717, 1.165) is 51.4 Å². The normalized spacial score (nSPS) is 13.6. The molecule has 0 amide bonds. The summed E-state index contributed by atoms with van der Waals surface area (Å²) in [7, 11) is -4.29. The number of hydrogen-bond acceptors (Lipinski definition) is 7. The number of esters is 1. The van der Waals surface area contributed by atoms with Gasteiger partial charge in [-0.3, -0.25) is 13.8 Å². The average molecular weight is 1000 g/mol. The van der Waals surface area contributed by atoms with Crippen molar-refractivity contribution in [2.24, 2.45) is 5.73 Å². The first-order chi connectivity index (χ1) is 34.4. The lowest BCUT2D eigenvalue weighted by Gasteiger charge is -2.20. The summed E-state index contributed by atoms with van der Waals surface area (Å²) in [6.45, 7) is 4.94. The van der Waals surface area contributed by atoms with Crippen molar-refractivity contribution in [3.63, 3.8) is 0 Å². The van der Waals surface area contributed by atoms with Crippen LogP contribution in [0.3, 0.4) is 0 Å². The molecule has 0 heterocycles. The SMILES string of the molecule is CCCCCCC/C=C\C/C=C\C/C=C\CCCCCCCCCCCCC(=O)OC(COCCCCCCCCCCCCCCCC/C=C\C/C=C\CCCCCCC)COP(=O)(O)OCCN. The quantitative estimate of drug-likeness (QED) is 0.0268. The van der Waals surface area contributed by atoms with E-state index in [-0.39, 0.29) is 32.3 Å². The van der Waals surface area contributed by atoms with Crippen LogP contribution < -0.4 is 5.73 Å². The number of carbonyl (C=O) groups is 1. The van der Waals surface area contributed by atoms with Crippen molar-refractivity contribution in [1.29, 1.82) is 0 Å². The van der Waals surface area contributed by atoms with Crippen molar-refractivity contribution in [1.82, 2.24) is 0 Å². The van der Waals surface area contributed by atoms with Gasteiger partial charge in [0.1, 0.15) is 6.10 Å². The number of rotatable bonds is 57. The van der Waals surface area contributed by atoms with Crippen LogP contribution in [0.15, 0.2) is 60.8 Å². The second-order valence-corrected chi connectivity index (χ2v) is 21.3. The van der Waals surface area contributed by atoms with Gasteiger partial charge in [0.05, 0.1) is 19.8 Å². The van der Waals surface area contributed by atoms with E-state index >= 15 is 0 Å². The predicted octanol–water partition coefficient (Wildman–Crippen LogP) is 19.2. The summed E-state index contributed by atoms with van der Waals surface area (Å²) >= 11 is 0. The molecule has 0 spiro atoms. The number of allylic oxidation sites excluding steroid dienone is 10. The molecule has 70 heavy (non-hydrogen) atoms. The van der Waals surface area contributed by atoms with E-state index in [1.807, 2.05) is 0 Å². The van der Waals surface area contributed by atoms with Crippen LogP contribution in [0.1, 0.15) is 284 Å². The van der Waals surface area contributed by atoms with Crippen molar-refractivity contribution in [2.45, 2.75) is 290 Å². The van der Waals surface area contributed by atoms with E-state index in [4.69, 9.17) is 24.3 Å². The number of hydrogen-bond donors (Lipinski definition) is 2. The molecule has 0 aliphatic rings. The highest BCUT2D eigenvalue weighted by molar-refractivity contribution is 7.47. The topological polar surface area (TPSA) is 117 Å². The molecule has 0 radical (unpaired) electrons. The molecule has 8 nitrogen and oxygen atoms in total. The smallest absolute Gasteiger partial charge is 0.457 e. The molecule has 0 aliphatic heterocycles. The van der Waals surface area contributed by atoms with Crippen molar-refractivity contribution in [3.8, 4) is 0 Å². The van der Waals surface area contributed by atoms with Crippen LogP contribution in [0.25, 0.3) is 0 Å². The third-order valence-electron chi connectivity index (χ3n) is 12.9. The zero-order chi connectivity index (χ0) is 50.8. The van der Waals surface area contributed by atoms with Crippen LogP contribution in [0.5, 0.6) is 0 Å². The Hall–Kier alpha value is -1.80. The molecule has 0 aromatic heterocycles. The van der Waals surface area contributed by atoms with Crippen LogP contribution in [0.2, 0.25) is 0 Å². The first-order valence-corrected chi connectivity index (χ1v) is 31.3.